The van der Waals surface area contributed by atoms with Crippen molar-refractivity contribution in [2.45, 2.75) is 63.2 Å². The number of rotatable bonds is 15. The molecule has 0 radical (unpaired) electrons. The van der Waals surface area contributed by atoms with Crippen molar-refractivity contribution in [1.82, 2.24) is 16.0 Å². The largest absolute Gasteiger partial charge is 0.480 e. The van der Waals surface area contributed by atoms with Crippen LogP contribution in [0.15, 0.2) is 0 Å². The van der Waals surface area contributed by atoms with Gasteiger partial charge in [0, 0.05) is 12.2 Å². The molecular weight excluding hydrogens is 416 g/mol. The minimum Gasteiger partial charge on any atom is -0.480 e. The lowest BCUT2D eigenvalue weighted by Gasteiger charge is -2.24. The molecule has 0 bridgehead atoms. The molecule has 172 valence electrons. The average molecular weight is 449 g/mol. The summed E-state index contributed by atoms with van der Waals surface area (Å²) in [4.78, 5) is 59.3. The number of thiol groups is 1. The van der Waals surface area contributed by atoms with Crippen molar-refractivity contribution < 1.29 is 29.1 Å². The van der Waals surface area contributed by atoms with E-state index in [0.717, 1.165) is 0 Å². The summed E-state index contributed by atoms with van der Waals surface area (Å²) in [5.41, 5.74) is 16.1. The average Bonchev–Trinajstić information content (AvgIpc) is 2.67. The zero-order valence-electron chi connectivity index (χ0n) is 16.9. The Labute approximate surface area is 180 Å². The molecule has 0 aromatic rings. The molecule has 0 aliphatic rings. The second-order valence-corrected chi connectivity index (χ2v) is 7.15. The maximum absolute atomic E-state index is 12.7. The molecule has 30 heavy (non-hydrogen) atoms. The summed E-state index contributed by atoms with van der Waals surface area (Å²) in [7, 11) is 0. The number of hydrogen-bond donors (Lipinski definition) is 8. The zero-order valence-corrected chi connectivity index (χ0v) is 17.8. The SMILES string of the molecule is CC(N)C(=O)NC(CCC(N)=O)C(=O)NC(CCCCN)C(=O)NC(CS)C(=O)O. The molecule has 10 N–H and O–H groups in total. The first-order chi connectivity index (χ1) is 14.0. The Morgan fingerprint density at radius 2 is 1.40 bits per heavy atom. The van der Waals surface area contributed by atoms with Crippen LogP contribution in [0.1, 0.15) is 39.0 Å². The van der Waals surface area contributed by atoms with Crippen molar-refractivity contribution in [3.8, 4) is 0 Å². The molecule has 13 heteroatoms. The Kier molecular flexibility index (Phi) is 13.4. The van der Waals surface area contributed by atoms with Gasteiger partial charge in [-0.1, -0.05) is 0 Å². The first-order valence-electron chi connectivity index (χ1n) is 9.52. The third-order valence-corrected chi connectivity index (χ3v) is 4.47. The Morgan fingerprint density at radius 3 is 1.83 bits per heavy atom. The number of carbonyl (C=O) groups excluding carboxylic acids is 4. The molecule has 0 aliphatic carbocycles. The van der Waals surface area contributed by atoms with Crippen LogP contribution in [0.3, 0.4) is 0 Å². The molecule has 0 rings (SSSR count). The molecule has 0 heterocycles. The van der Waals surface area contributed by atoms with Crippen LogP contribution in [-0.2, 0) is 24.0 Å². The van der Waals surface area contributed by atoms with Crippen molar-refractivity contribution in [3.63, 3.8) is 0 Å². The number of nitrogens with one attached hydrogen (secondary N) is 3. The molecule has 12 nitrogen and oxygen atoms in total. The van der Waals surface area contributed by atoms with Crippen molar-refractivity contribution in [2.75, 3.05) is 12.3 Å². The lowest BCUT2D eigenvalue weighted by atomic mass is 10.1. The highest BCUT2D eigenvalue weighted by Crippen LogP contribution is 2.05. The second kappa shape index (κ2) is 14.6. The number of amides is 4. The van der Waals surface area contributed by atoms with Gasteiger partial charge in [-0.15, -0.1) is 0 Å². The normalized spacial score (nSPS) is 14.7. The number of nitrogens with two attached hydrogens (primary N) is 3. The summed E-state index contributed by atoms with van der Waals surface area (Å²) < 4.78 is 0. The number of hydrogen-bond acceptors (Lipinski definition) is 8. The van der Waals surface area contributed by atoms with E-state index in [1.165, 1.54) is 6.92 Å². The maximum Gasteiger partial charge on any atom is 0.327 e. The zero-order chi connectivity index (χ0) is 23.3. The van der Waals surface area contributed by atoms with E-state index in [1.807, 2.05) is 0 Å². The molecule has 4 amide bonds. The monoisotopic (exact) mass is 448 g/mol. The van der Waals surface area contributed by atoms with Gasteiger partial charge in [0.15, 0.2) is 0 Å². The van der Waals surface area contributed by atoms with Crippen LogP contribution in [-0.4, -0.2) is 71.2 Å². The van der Waals surface area contributed by atoms with Crippen LogP contribution in [0.2, 0.25) is 0 Å². The van der Waals surface area contributed by atoms with E-state index in [-0.39, 0.29) is 25.0 Å². The molecule has 0 saturated carbocycles. The van der Waals surface area contributed by atoms with Gasteiger partial charge >= 0.3 is 5.97 Å². The van der Waals surface area contributed by atoms with Gasteiger partial charge in [0.25, 0.3) is 0 Å². The quantitative estimate of drug-likeness (QED) is 0.0963. The summed E-state index contributed by atoms with van der Waals surface area (Å²) in [5, 5.41) is 16.3. The standard InChI is InChI=1S/C17H32N6O6S/c1-9(19)14(25)21-11(5-6-13(20)24)16(27)22-10(4-2-3-7-18)15(26)23-12(8-30)17(28)29/h9-12,30H,2-8,18-19H2,1H3,(H2,20,24)(H,21,25)(H,22,27)(H,23,26)(H,28,29). The van der Waals surface area contributed by atoms with Gasteiger partial charge in [-0.05, 0) is 39.2 Å². The summed E-state index contributed by atoms with van der Waals surface area (Å²) in [6.07, 6.45) is 0.997. The summed E-state index contributed by atoms with van der Waals surface area (Å²) >= 11 is 3.89. The second-order valence-electron chi connectivity index (χ2n) is 6.78. The molecule has 0 spiro atoms. The Hall–Kier alpha value is -2.38. The van der Waals surface area contributed by atoms with E-state index in [1.54, 1.807) is 0 Å². The van der Waals surface area contributed by atoms with Crippen LogP contribution >= 0.6 is 12.6 Å². The van der Waals surface area contributed by atoms with E-state index in [0.29, 0.717) is 19.4 Å². The molecule has 0 saturated heterocycles. The highest BCUT2D eigenvalue weighted by molar-refractivity contribution is 7.80. The lowest BCUT2D eigenvalue weighted by molar-refractivity contribution is -0.141. The fourth-order valence-corrected chi connectivity index (χ4v) is 2.60. The first-order valence-corrected chi connectivity index (χ1v) is 10.1. The van der Waals surface area contributed by atoms with Crippen LogP contribution in [0, 0.1) is 0 Å². The molecule has 0 fully saturated rings. The van der Waals surface area contributed by atoms with E-state index in [4.69, 9.17) is 22.3 Å². The summed E-state index contributed by atoms with van der Waals surface area (Å²) in [5.74, 6) is -4.14. The van der Waals surface area contributed by atoms with Gasteiger partial charge in [0.05, 0.1) is 6.04 Å². The maximum atomic E-state index is 12.7. The molecule has 0 aromatic carbocycles. The van der Waals surface area contributed by atoms with Gasteiger partial charge < -0.3 is 38.3 Å². The van der Waals surface area contributed by atoms with Crippen molar-refractivity contribution in [3.05, 3.63) is 0 Å². The minimum atomic E-state index is -1.27. The number of carboxylic acids is 1. The summed E-state index contributed by atoms with van der Waals surface area (Å²) in [6.45, 7) is 1.80. The van der Waals surface area contributed by atoms with Gasteiger partial charge in [-0.2, -0.15) is 12.6 Å². The number of carboxylic acid groups (broad SMARTS) is 1. The van der Waals surface area contributed by atoms with Gasteiger partial charge in [0.1, 0.15) is 18.1 Å². The fourth-order valence-electron chi connectivity index (χ4n) is 2.35. The Morgan fingerprint density at radius 1 is 0.900 bits per heavy atom. The van der Waals surface area contributed by atoms with E-state index in [9.17, 15) is 24.0 Å². The van der Waals surface area contributed by atoms with Crippen LogP contribution in [0.4, 0.5) is 0 Å². The molecule has 4 atom stereocenters. The molecule has 4 unspecified atom stereocenters. The van der Waals surface area contributed by atoms with Crippen molar-refractivity contribution in [1.29, 1.82) is 0 Å². The predicted octanol–water partition coefficient (Wildman–Crippen LogP) is -2.80. The third-order valence-electron chi connectivity index (χ3n) is 4.10. The Bertz CT molecular complexity index is 618. The highest BCUT2D eigenvalue weighted by Gasteiger charge is 2.29. The fraction of sp³-hybridized carbons (Fsp3) is 0.706. The number of primary amides is 1. The topological polar surface area (TPSA) is 220 Å². The van der Waals surface area contributed by atoms with Crippen molar-refractivity contribution >= 4 is 42.2 Å². The highest BCUT2D eigenvalue weighted by atomic mass is 32.1. The van der Waals surface area contributed by atoms with Gasteiger partial charge in [0.2, 0.25) is 23.6 Å². The van der Waals surface area contributed by atoms with Crippen molar-refractivity contribution in [2.24, 2.45) is 17.2 Å². The van der Waals surface area contributed by atoms with Crippen LogP contribution in [0.25, 0.3) is 0 Å². The smallest absolute Gasteiger partial charge is 0.327 e. The van der Waals surface area contributed by atoms with E-state index in [2.05, 4.69) is 28.6 Å². The summed E-state index contributed by atoms with van der Waals surface area (Å²) in [6, 6.07) is -4.36. The van der Waals surface area contributed by atoms with Crippen LogP contribution < -0.4 is 33.2 Å². The third kappa shape index (κ3) is 11.0. The molecular formula is C17H32N6O6S. The lowest BCUT2D eigenvalue weighted by Crippen LogP contribution is -2.57. The van der Waals surface area contributed by atoms with Crippen LogP contribution in [0.5, 0.6) is 0 Å². The number of unbranched alkanes of at least 4 members (excludes halogenated alkanes) is 1. The predicted molar refractivity (Wildman–Crippen MR) is 112 cm³/mol. The number of aliphatic carboxylic acids is 1. The van der Waals surface area contributed by atoms with E-state index >= 15 is 0 Å². The minimum absolute atomic E-state index is 0.0921. The van der Waals surface area contributed by atoms with Gasteiger partial charge in [-0.25, -0.2) is 4.79 Å². The molecule has 0 aliphatic heterocycles. The molecule has 0 aromatic heterocycles. The van der Waals surface area contributed by atoms with Gasteiger partial charge in [-0.3, -0.25) is 19.2 Å². The van der Waals surface area contributed by atoms with E-state index < -0.39 is 53.8 Å². The number of carbonyl (C=O) groups is 5. The first kappa shape index (κ1) is 27.6. The Balaban J connectivity index is 5.36.